The van der Waals surface area contributed by atoms with E-state index >= 15 is 0 Å². The van der Waals surface area contributed by atoms with Crippen molar-refractivity contribution in [2.75, 3.05) is 5.73 Å². The van der Waals surface area contributed by atoms with Crippen molar-refractivity contribution in [3.8, 4) is 0 Å². The highest BCUT2D eigenvalue weighted by Crippen LogP contribution is 2.30. The lowest BCUT2D eigenvalue weighted by Gasteiger charge is -2.21. The van der Waals surface area contributed by atoms with Crippen molar-refractivity contribution in [3.05, 3.63) is 11.5 Å². The van der Waals surface area contributed by atoms with Gasteiger partial charge in [0, 0.05) is 13.0 Å². The average molecular weight is 247 g/mol. The number of aromatic nitrogens is 2. The molecule has 2 N–H and O–H groups in total. The maximum absolute atomic E-state index is 6.30. The fourth-order valence-electron chi connectivity index (χ4n) is 3.56. The molecule has 1 aliphatic heterocycles. The van der Waals surface area contributed by atoms with Crippen molar-refractivity contribution in [1.82, 2.24) is 9.55 Å². The first-order valence-corrected chi connectivity index (χ1v) is 7.58. The standard InChI is InChI=1S/C15H25N3/c1-11-7-8-14-17-13(15(16)18(14)10-11)9-12-5-3-2-4-6-12/h11-12H,2-10,16H2,1H3. The molecule has 2 heterocycles. The van der Waals surface area contributed by atoms with E-state index in [9.17, 15) is 0 Å². The summed E-state index contributed by atoms with van der Waals surface area (Å²) in [5, 5.41) is 0. The van der Waals surface area contributed by atoms with Crippen LogP contribution in [0.5, 0.6) is 0 Å². The highest BCUT2D eigenvalue weighted by molar-refractivity contribution is 5.39. The summed E-state index contributed by atoms with van der Waals surface area (Å²) in [6.45, 7) is 3.38. The van der Waals surface area contributed by atoms with E-state index in [-0.39, 0.29) is 0 Å². The van der Waals surface area contributed by atoms with Crippen LogP contribution in [0.1, 0.15) is 57.0 Å². The Morgan fingerprint density at radius 1 is 1.22 bits per heavy atom. The van der Waals surface area contributed by atoms with Gasteiger partial charge in [-0.15, -0.1) is 0 Å². The van der Waals surface area contributed by atoms with E-state index in [4.69, 9.17) is 10.7 Å². The van der Waals surface area contributed by atoms with E-state index in [1.807, 2.05) is 0 Å². The number of nitrogens with two attached hydrogens (primary N) is 1. The minimum Gasteiger partial charge on any atom is -0.384 e. The van der Waals surface area contributed by atoms with Gasteiger partial charge in [-0.25, -0.2) is 4.98 Å². The smallest absolute Gasteiger partial charge is 0.126 e. The van der Waals surface area contributed by atoms with Crippen LogP contribution in [-0.4, -0.2) is 9.55 Å². The number of nitrogens with zero attached hydrogens (tertiary/aromatic N) is 2. The van der Waals surface area contributed by atoms with Gasteiger partial charge < -0.3 is 10.3 Å². The topological polar surface area (TPSA) is 43.8 Å². The molecule has 1 saturated carbocycles. The molecule has 3 rings (SSSR count). The lowest BCUT2D eigenvalue weighted by molar-refractivity contribution is 0.355. The number of fused-ring (bicyclic) bond motifs is 1. The molecule has 18 heavy (non-hydrogen) atoms. The third kappa shape index (κ3) is 2.27. The molecule has 0 saturated heterocycles. The predicted octanol–water partition coefficient (Wildman–Crippen LogP) is 3.17. The first-order chi connectivity index (χ1) is 8.74. The monoisotopic (exact) mass is 247 g/mol. The molecular formula is C15H25N3. The number of hydrogen-bond acceptors (Lipinski definition) is 2. The van der Waals surface area contributed by atoms with Crippen LogP contribution in [0.25, 0.3) is 0 Å². The maximum atomic E-state index is 6.30. The minimum atomic E-state index is 0.747. The summed E-state index contributed by atoms with van der Waals surface area (Å²) in [6.07, 6.45) is 10.4. The number of nitrogen functional groups attached to an aromatic ring is 1. The summed E-state index contributed by atoms with van der Waals surface area (Å²) in [5.74, 6) is 3.77. The predicted molar refractivity (Wildman–Crippen MR) is 74.4 cm³/mol. The van der Waals surface area contributed by atoms with Crippen LogP contribution in [-0.2, 0) is 19.4 Å². The van der Waals surface area contributed by atoms with Gasteiger partial charge >= 0.3 is 0 Å². The summed E-state index contributed by atoms with van der Waals surface area (Å²) in [4.78, 5) is 4.82. The minimum absolute atomic E-state index is 0.747. The molecule has 1 fully saturated rings. The Hall–Kier alpha value is -0.990. The molecule has 3 heteroatoms. The van der Waals surface area contributed by atoms with E-state index in [0.29, 0.717) is 0 Å². The van der Waals surface area contributed by atoms with Crippen LogP contribution in [0.15, 0.2) is 0 Å². The molecular weight excluding hydrogens is 222 g/mol. The number of hydrogen-bond donors (Lipinski definition) is 1. The van der Waals surface area contributed by atoms with E-state index in [0.717, 1.165) is 37.0 Å². The van der Waals surface area contributed by atoms with Crippen LogP contribution < -0.4 is 5.73 Å². The van der Waals surface area contributed by atoms with Gasteiger partial charge in [-0.3, -0.25) is 0 Å². The van der Waals surface area contributed by atoms with Gasteiger partial charge in [-0.05, 0) is 24.7 Å². The molecule has 100 valence electrons. The molecule has 1 aromatic heterocycles. The van der Waals surface area contributed by atoms with Gasteiger partial charge in [-0.2, -0.15) is 0 Å². The van der Waals surface area contributed by atoms with Gasteiger partial charge in [0.2, 0.25) is 0 Å². The lowest BCUT2D eigenvalue weighted by Crippen LogP contribution is -2.19. The van der Waals surface area contributed by atoms with Crippen molar-refractivity contribution in [3.63, 3.8) is 0 Å². The second-order valence-electron chi connectivity index (χ2n) is 6.32. The fourth-order valence-corrected chi connectivity index (χ4v) is 3.56. The number of aryl methyl sites for hydroxylation is 1. The molecule has 0 aromatic carbocycles. The third-order valence-electron chi connectivity index (χ3n) is 4.72. The number of imidazole rings is 1. The van der Waals surface area contributed by atoms with E-state index in [1.54, 1.807) is 0 Å². The second kappa shape index (κ2) is 4.94. The molecule has 2 aliphatic rings. The third-order valence-corrected chi connectivity index (χ3v) is 4.72. The van der Waals surface area contributed by atoms with Crippen LogP contribution >= 0.6 is 0 Å². The second-order valence-corrected chi connectivity index (χ2v) is 6.32. The molecule has 0 radical (unpaired) electrons. The van der Waals surface area contributed by atoms with Gasteiger partial charge in [-0.1, -0.05) is 39.0 Å². The van der Waals surface area contributed by atoms with Crippen LogP contribution in [0.3, 0.4) is 0 Å². The van der Waals surface area contributed by atoms with Crippen LogP contribution in [0.4, 0.5) is 5.82 Å². The van der Waals surface area contributed by atoms with Crippen molar-refractivity contribution >= 4 is 5.82 Å². The quantitative estimate of drug-likeness (QED) is 0.872. The first-order valence-electron chi connectivity index (χ1n) is 7.58. The zero-order valence-corrected chi connectivity index (χ0v) is 11.5. The molecule has 1 atom stereocenters. The molecule has 3 nitrogen and oxygen atoms in total. The summed E-state index contributed by atoms with van der Waals surface area (Å²) in [5.41, 5.74) is 7.49. The molecule has 1 unspecified atom stereocenters. The SMILES string of the molecule is CC1CCc2nc(CC3CCCCC3)c(N)n2C1. The molecule has 1 aliphatic carbocycles. The Morgan fingerprint density at radius 3 is 2.78 bits per heavy atom. The Morgan fingerprint density at radius 2 is 2.00 bits per heavy atom. The highest BCUT2D eigenvalue weighted by atomic mass is 15.1. The average Bonchev–Trinajstić information content (AvgIpc) is 2.68. The van der Waals surface area contributed by atoms with Crippen molar-refractivity contribution in [1.29, 1.82) is 0 Å². The largest absolute Gasteiger partial charge is 0.384 e. The highest BCUT2D eigenvalue weighted by Gasteiger charge is 2.23. The normalized spacial score (nSPS) is 25.1. The van der Waals surface area contributed by atoms with Gasteiger partial charge in [0.15, 0.2) is 0 Å². The van der Waals surface area contributed by atoms with Gasteiger partial charge in [0.1, 0.15) is 11.6 Å². The van der Waals surface area contributed by atoms with E-state index in [2.05, 4.69) is 11.5 Å². The van der Waals surface area contributed by atoms with Gasteiger partial charge in [0.25, 0.3) is 0 Å². The van der Waals surface area contributed by atoms with Crippen LogP contribution in [0.2, 0.25) is 0 Å². The molecule has 0 spiro atoms. The zero-order chi connectivity index (χ0) is 12.5. The van der Waals surface area contributed by atoms with Crippen molar-refractivity contribution < 1.29 is 0 Å². The Balaban J connectivity index is 1.76. The Kier molecular flexibility index (Phi) is 3.31. The fraction of sp³-hybridized carbons (Fsp3) is 0.800. The maximum Gasteiger partial charge on any atom is 0.126 e. The van der Waals surface area contributed by atoms with E-state index < -0.39 is 0 Å². The summed E-state index contributed by atoms with van der Waals surface area (Å²) < 4.78 is 2.27. The molecule has 1 aromatic rings. The van der Waals surface area contributed by atoms with Crippen molar-refractivity contribution in [2.24, 2.45) is 11.8 Å². The Labute approximate surface area is 110 Å². The molecule has 0 bridgehead atoms. The first kappa shape index (κ1) is 12.1. The summed E-state index contributed by atoms with van der Waals surface area (Å²) in [7, 11) is 0. The van der Waals surface area contributed by atoms with E-state index in [1.165, 1.54) is 50.0 Å². The van der Waals surface area contributed by atoms with Gasteiger partial charge in [0.05, 0.1) is 5.69 Å². The molecule has 0 amide bonds. The van der Waals surface area contributed by atoms with Crippen molar-refractivity contribution in [2.45, 2.75) is 64.8 Å². The summed E-state index contributed by atoms with van der Waals surface area (Å²) in [6, 6.07) is 0. The lowest BCUT2D eigenvalue weighted by atomic mass is 9.86. The number of rotatable bonds is 2. The Bertz CT molecular complexity index is 416. The number of anilines is 1. The summed E-state index contributed by atoms with van der Waals surface area (Å²) >= 11 is 0. The van der Waals surface area contributed by atoms with Crippen LogP contribution in [0, 0.1) is 11.8 Å². The zero-order valence-electron chi connectivity index (χ0n) is 11.5.